The van der Waals surface area contributed by atoms with E-state index < -0.39 is 5.91 Å². The van der Waals surface area contributed by atoms with Crippen molar-refractivity contribution in [2.45, 2.75) is 12.8 Å². The number of primary amides is 1. The third kappa shape index (κ3) is 4.89. The SMILES string of the molecule is NC(=O)COc1cccc(NC(=O)CCc2ccc3c(c2)OCCO3)c1. The average molecular weight is 356 g/mol. The Bertz CT molecular complexity index is 806. The van der Waals surface area contributed by atoms with Gasteiger partial charge in [0.1, 0.15) is 19.0 Å². The first-order valence-corrected chi connectivity index (χ1v) is 8.30. The van der Waals surface area contributed by atoms with Crippen molar-refractivity contribution in [2.75, 3.05) is 25.1 Å². The highest BCUT2D eigenvalue weighted by atomic mass is 16.6. The predicted molar refractivity (Wildman–Crippen MR) is 95.5 cm³/mol. The van der Waals surface area contributed by atoms with Gasteiger partial charge in [0, 0.05) is 18.2 Å². The van der Waals surface area contributed by atoms with Crippen LogP contribution in [-0.4, -0.2) is 31.6 Å². The van der Waals surface area contributed by atoms with E-state index >= 15 is 0 Å². The largest absolute Gasteiger partial charge is 0.486 e. The third-order valence-corrected chi connectivity index (χ3v) is 3.75. The molecule has 0 saturated heterocycles. The number of ether oxygens (including phenoxy) is 3. The Morgan fingerprint density at radius 2 is 1.88 bits per heavy atom. The zero-order valence-electron chi connectivity index (χ0n) is 14.2. The van der Waals surface area contributed by atoms with Crippen molar-refractivity contribution in [1.82, 2.24) is 0 Å². The molecule has 1 aliphatic rings. The predicted octanol–water partition coefficient (Wildman–Crippen LogP) is 1.89. The highest BCUT2D eigenvalue weighted by molar-refractivity contribution is 5.91. The molecule has 26 heavy (non-hydrogen) atoms. The van der Waals surface area contributed by atoms with Gasteiger partial charge < -0.3 is 25.3 Å². The van der Waals surface area contributed by atoms with E-state index in [-0.39, 0.29) is 12.5 Å². The van der Waals surface area contributed by atoms with Crippen LogP contribution in [0.3, 0.4) is 0 Å². The fourth-order valence-electron chi connectivity index (χ4n) is 2.54. The maximum Gasteiger partial charge on any atom is 0.255 e. The van der Waals surface area contributed by atoms with Crippen LogP contribution in [0.2, 0.25) is 0 Å². The lowest BCUT2D eigenvalue weighted by Gasteiger charge is -2.18. The van der Waals surface area contributed by atoms with Crippen molar-refractivity contribution >= 4 is 17.5 Å². The van der Waals surface area contributed by atoms with E-state index in [4.69, 9.17) is 19.9 Å². The number of carbonyl (C=O) groups is 2. The van der Waals surface area contributed by atoms with E-state index in [0.717, 1.165) is 11.3 Å². The first kappa shape index (κ1) is 17.6. The van der Waals surface area contributed by atoms with E-state index in [9.17, 15) is 9.59 Å². The number of hydrogen-bond acceptors (Lipinski definition) is 5. The molecule has 2 aromatic carbocycles. The van der Waals surface area contributed by atoms with Crippen LogP contribution >= 0.6 is 0 Å². The molecular weight excluding hydrogens is 336 g/mol. The molecule has 0 spiro atoms. The minimum absolute atomic E-state index is 0.119. The first-order valence-electron chi connectivity index (χ1n) is 8.30. The molecular formula is C19H20N2O5. The van der Waals surface area contributed by atoms with E-state index in [1.165, 1.54) is 0 Å². The molecule has 2 amide bonds. The standard InChI is InChI=1S/C19H20N2O5/c20-18(22)12-26-15-3-1-2-14(11-15)21-19(23)7-5-13-4-6-16-17(10-13)25-9-8-24-16/h1-4,6,10-11H,5,7-9,12H2,(H2,20,22)(H,21,23). The molecule has 136 valence electrons. The lowest BCUT2D eigenvalue weighted by molar-refractivity contribution is -0.120. The van der Waals surface area contributed by atoms with Crippen molar-refractivity contribution in [3.63, 3.8) is 0 Å². The molecule has 0 saturated carbocycles. The van der Waals surface area contributed by atoms with Crippen molar-refractivity contribution in [3.05, 3.63) is 48.0 Å². The summed E-state index contributed by atoms with van der Waals surface area (Å²) in [6, 6.07) is 12.5. The number of anilines is 1. The van der Waals surface area contributed by atoms with E-state index in [0.29, 0.717) is 43.2 Å². The minimum Gasteiger partial charge on any atom is -0.486 e. The normalized spacial score (nSPS) is 12.3. The Morgan fingerprint density at radius 1 is 1.08 bits per heavy atom. The maximum atomic E-state index is 12.2. The van der Waals surface area contributed by atoms with Crippen LogP contribution in [0, 0.1) is 0 Å². The van der Waals surface area contributed by atoms with E-state index in [2.05, 4.69) is 5.32 Å². The molecule has 0 unspecified atom stereocenters. The van der Waals surface area contributed by atoms with Gasteiger partial charge in [0.2, 0.25) is 5.91 Å². The minimum atomic E-state index is -0.557. The zero-order chi connectivity index (χ0) is 18.4. The Labute approximate surface area is 151 Å². The highest BCUT2D eigenvalue weighted by Gasteiger charge is 2.12. The summed E-state index contributed by atoms with van der Waals surface area (Å²) in [6.45, 7) is 0.879. The maximum absolute atomic E-state index is 12.2. The van der Waals surface area contributed by atoms with E-state index in [1.807, 2.05) is 18.2 Å². The highest BCUT2D eigenvalue weighted by Crippen LogP contribution is 2.31. The molecule has 3 N–H and O–H groups in total. The van der Waals surface area contributed by atoms with Crippen LogP contribution < -0.4 is 25.3 Å². The third-order valence-electron chi connectivity index (χ3n) is 3.75. The van der Waals surface area contributed by atoms with Gasteiger partial charge in [-0.3, -0.25) is 9.59 Å². The van der Waals surface area contributed by atoms with Gasteiger partial charge in [-0.25, -0.2) is 0 Å². The monoisotopic (exact) mass is 356 g/mol. The van der Waals surface area contributed by atoms with Crippen LogP contribution in [-0.2, 0) is 16.0 Å². The van der Waals surface area contributed by atoms with Crippen molar-refractivity contribution in [3.8, 4) is 17.2 Å². The molecule has 7 nitrogen and oxygen atoms in total. The topological polar surface area (TPSA) is 99.9 Å². The van der Waals surface area contributed by atoms with Gasteiger partial charge in [-0.1, -0.05) is 12.1 Å². The first-order chi connectivity index (χ1) is 12.6. The van der Waals surface area contributed by atoms with Crippen molar-refractivity contribution < 1.29 is 23.8 Å². The van der Waals surface area contributed by atoms with Crippen LogP contribution in [0.4, 0.5) is 5.69 Å². The number of nitrogens with two attached hydrogens (primary N) is 1. The summed E-state index contributed by atoms with van der Waals surface area (Å²) >= 11 is 0. The van der Waals surface area contributed by atoms with Gasteiger partial charge in [0.05, 0.1) is 0 Å². The van der Waals surface area contributed by atoms with Gasteiger partial charge in [-0.15, -0.1) is 0 Å². The summed E-state index contributed by atoms with van der Waals surface area (Å²) in [7, 11) is 0. The van der Waals surface area contributed by atoms with Gasteiger partial charge in [-0.2, -0.15) is 0 Å². The molecule has 0 aliphatic carbocycles. The zero-order valence-corrected chi connectivity index (χ0v) is 14.2. The second kappa shape index (κ2) is 8.24. The Balaban J connectivity index is 1.52. The number of amides is 2. The van der Waals surface area contributed by atoms with E-state index in [1.54, 1.807) is 24.3 Å². The number of carbonyl (C=O) groups excluding carboxylic acids is 2. The lowest BCUT2D eigenvalue weighted by atomic mass is 10.1. The number of nitrogens with one attached hydrogen (secondary N) is 1. The Morgan fingerprint density at radius 3 is 2.69 bits per heavy atom. The van der Waals surface area contributed by atoms with Gasteiger partial charge in [0.25, 0.3) is 5.91 Å². The van der Waals surface area contributed by atoms with Crippen molar-refractivity contribution in [1.29, 1.82) is 0 Å². The number of benzene rings is 2. The Kier molecular flexibility index (Phi) is 5.58. The molecule has 0 aromatic heterocycles. The Hall–Kier alpha value is -3.22. The fraction of sp³-hybridized carbons (Fsp3) is 0.263. The van der Waals surface area contributed by atoms with Crippen LogP contribution in [0.25, 0.3) is 0 Å². The number of rotatable bonds is 7. The molecule has 1 heterocycles. The van der Waals surface area contributed by atoms with Gasteiger partial charge >= 0.3 is 0 Å². The molecule has 0 fully saturated rings. The number of hydrogen-bond donors (Lipinski definition) is 2. The summed E-state index contributed by atoms with van der Waals surface area (Å²) in [6.07, 6.45) is 0.909. The molecule has 0 bridgehead atoms. The summed E-state index contributed by atoms with van der Waals surface area (Å²) in [5.74, 6) is 1.24. The van der Waals surface area contributed by atoms with Crippen molar-refractivity contribution in [2.24, 2.45) is 5.73 Å². The van der Waals surface area contributed by atoms with Gasteiger partial charge in [-0.05, 0) is 36.2 Å². The summed E-state index contributed by atoms with van der Waals surface area (Å²) in [5.41, 5.74) is 6.65. The molecule has 0 atom stereocenters. The number of aryl methyl sites for hydroxylation is 1. The molecule has 0 radical (unpaired) electrons. The summed E-state index contributed by atoms with van der Waals surface area (Å²) in [4.78, 5) is 22.9. The smallest absolute Gasteiger partial charge is 0.255 e. The number of fused-ring (bicyclic) bond motifs is 1. The van der Waals surface area contributed by atoms with Gasteiger partial charge in [0.15, 0.2) is 18.1 Å². The second-order valence-electron chi connectivity index (χ2n) is 5.81. The van der Waals surface area contributed by atoms with Crippen LogP contribution in [0.5, 0.6) is 17.2 Å². The average Bonchev–Trinajstić information content (AvgIpc) is 2.65. The molecule has 7 heteroatoms. The second-order valence-corrected chi connectivity index (χ2v) is 5.81. The fourth-order valence-corrected chi connectivity index (χ4v) is 2.54. The van der Waals surface area contributed by atoms with Crippen LogP contribution in [0.1, 0.15) is 12.0 Å². The summed E-state index contributed by atoms with van der Waals surface area (Å²) < 4.78 is 16.3. The molecule has 1 aliphatic heterocycles. The lowest BCUT2D eigenvalue weighted by Crippen LogP contribution is -2.20. The quantitative estimate of drug-likeness (QED) is 0.789. The molecule has 2 aromatic rings. The van der Waals surface area contributed by atoms with Crippen LogP contribution in [0.15, 0.2) is 42.5 Å². The summed E-state index contributed by atoms with van der Waals surface area (Å²) in [5, 5.41) is 2.81. The molecule has 3 rings (SSSR count).